The van der Waals surface area contributed by atoms with Gasteiger partial charge in [-0.1, -0.05) is 48.5 Å². The van der Waals surface area contributed by atoms with Crippen molar-refractivity contribution in [3.8, 4) is 0 Å². The fourth-order valence-corrected chi connectivity index (χ4v) is 4.59. The minimum Gasteiger partial charge on any atom is -0.273 e. The highest BCUT2D eigenvalue weighted by atomic mass is 19.1. The van der Waals surface area contributed by atoms with Gasteiger partial charge in [0.05, 0.1) is 17.4 Å². The van der Waals surface area contributed by atoms with Crippen molar-refractivity contribution in [2.75, 3.05) is 9.96 Å². The smallest absolute Gasteiger partial charge is 0.266 e. The summed E-state index contributed by atoms with van der Waals surface area (Å²) in [4.78, 5) is 34.4. The maximum atomic E-state index is 13.7. The lowest BCUT2D eigenvalue weighted by molar-refractivity contribution is -0.126. The van der Waals surface area contributed by atoms with Crippen LogP contribution in [0.25, 0.3) is 0 Å². The van der Waals surface area contributed by atoms with Gasteiger partial charge in [-0.05, 0) is 54.8 Å². The van der Waals surface area contributed by atoms with E-state index in [-0.39, 0.29) is 17.6 Å². The monoisotopic (exact) mass is 416 g/mol. The highest BCUT2D eigenvalue weighted by Gasteiger charge is 2.60. The molecule has 2 heterocycles. The van der Waals surface area contributed by atoms with E-state index in [4.69, 9.17) is 4.84 Å². The number of rotatable bonds is 3. The van der Waals surface area contributed by atoms with E-state index >= 15 is 0 Å². The Kier molecular flexibility index (Phi) is 4.59. The average Bonchev–Trinajstić information content (AvgIpc) is 3.27. The van der Waals surface area contributed by atoms with Crippen LogP contribution in [0.5, 0.6) is 0 Å². The number of amides is 2. The van der Waals surface area contributed by atoms with Gasteiger partial charge < -0.3 is 0 Å². The van der Waals surface area contributed by atoms with Gasteiger partial charge in [0.25, 0.3) is 5.91 Å². The second-order valence-electron chi connectivity index (χ2n) is 7.96. The van der Waals surface area contributed by atoms with Gasteiger partial charge >= 0.3 is 0 Å². The number of hydrogen-bond donors (Lipinski definition) is 0. The van der Waals surface area contributed by atoms with Crippen LogP contribution in [0.2, 0.25) is 0 Å². The van der Waals surface area contributed by atoms with Crippen molar-refractivity contribution in [3.63, 3.8) is 0 Å². The normalized spacial score (nSPS) is 22.9. The zero-order chi connectivity index (χ0) is 21.7. The Balaban J connectivity index is 1.61. The number of anilines is 2. The summed E-state index contributed by atoms with van der Waals surface area (Å²) in [6, 6.07) is 20.4. The van der Waals surface area contributed by atoms with E-state index in [2.05, 4.69) is 0 Å². The second-order valence-corrected chi connectivity index (χ2v) is 7.96. The third kappa shape index (κ3) is 3.02. The first-order chi connectivity index (χ1) is 15.0. The Morgan fingerprint density at radius 3 is 2.10 bits per heavy atom. The predicted molar refractivity (Wildman–Crippen MR) is 115 cm³/mol. The highest BCUT2D eigenvalue weighted by Crippen LogP contribution is 2.48. The molecule has 0 N–H and O–H groups in total. The van der Waals surface area contributed by atoms with Gasteiger partial charge in [0.1, 0.15) is 11.7 Å². The van der Waals surface area contributed by atoms with E-state index < -0.39 is 18.1 Å². The minimum absolute atomic E-state index is 0.305. The van der Waals surface area contributed by atoms with Crippen LogP contribution in [0.3, 0.4) is 0 Å². The summed E-state index contributed by atoms with van der Waals surface area (Å²) in [6.07, 6.45) is -0.943. The summed E-state index contributed by atoms with van der Waals surface area (Å²) in [5.74, 6) is -1.79. The van der Waals surface area contributed by atoms with Gasteiger partial charge in [-0.25, -0.2) is 14.4 Å². The Labute approximate surface area is 179 Å². The maximum absolute atomic E-state index is 13.7. The van der Waals surface area contributed by atoms with E-state index in [9.17, 15) is 14.0 Å². The van der Waals surface area contributed by atoms with E-state index in [0.717, 1.165) is 16.8 Å². The van der Waals surface area contributed by atoms with Gasteiger partial charge in [0.2, 0.25) is 5.91 Å². The largest absolute Gasteiger partial charge is 0.273 e. The van der Waals surface area contributed by atoms with Gasteiger partial charge in [-0.3, -0.25) is 14.4 Å². The zero-order valence-corrected chi connectivity index (χ0v) is 17.2. The van der Waals surface area contributed by atoms with Crippen molar-refractivity contribution in [3.05, 3.63) is 95.3 Å². The van der Waals surface area contributed by atoms with Crippen LogP contribution in [-0.4, -0.2) is 17.9 Å². The van der Waals surface area contributed by atoms with Crippen LogP contribution >= 0.6 is 0 Å². The Morgan fingerprint density at radius 2 is 1.45 bits per heavy atom. The molecule has 3 aromatic rings. The summed E-state index contributed by atoms with van der Waals surface area (Å²) in [5, 5.41) is 1.61. The molecule has 156 valence electrons. The van der Waals surface area contributed by atoms with Gasteiger partial charge in [-0.15, -0.1) is 0 Å². The fourth-order valence-electron chi connectivity index (χ4n) is 4.59. The molecule has 0 saturated carbocycles. The molecule has 0 unspecified atom stereocenters. The number of hydroxylamine groups is 1. The highest BCUT2D eigenvalue weighted by molar-refractivity contribution is 6.24. The standard InChI is InChI=1S/C25H21FN2O3/c1-15-7-6-8-16(2)21(15)27-24(29)20-22(17-11-13-18(26)14-12-17)28(31-23(20)25(27)30)19-9-4-3-5-10-19/h3-14,20,22-23H,1-2H3/t20-,22+,23-/m1/s1. The second kappa shape index (κ2) is 7.32. The molecule has 0 radical (unpaired) electrons. The van der Waals surface area contributed by atoms with Gasteiger partial charge in [0.15, 0.2) is 6.10 Å². The summed E-state index contributed by atoms with van der Waals surface area (Å²) < 4.78 is 13.6. The van der Waals surface area contributed by atoms with Crippen molar-refractivity contribution in [2.24, 2.45) is 5.92 Å². The number of halogens is 1. The van der Waals surface area contributed by atoms with Crippen LogP contribution in [0.1, 0.15) is 22.7 Å². The molecule has 2 aliphatic heterocycles. The molecule has 0 aliphatic carbocycles. The summed E-state index contributed by atoms with van der Waals surface area (Å²) in [6.45, 7) is 3.76. The van der Waals surface area contributed by atoms with Crippen LogP contribution in [0, 0.1) is 25.6 Å². The number of hydrogen-bond acceptors (Lipinski definition) is 4. The number of fused-ring (bicyclic) bond motifs is 1. The van der Waals surface area contributed by atoms with Crippen molar-refractivity contribution in [1.82, 2.24) is 0 Å². The first-order valence-electron chi connectivity index (χ1n) is 10.2. The van der Waals surface area contributed by atoms with E-state index in [1.165, 1.54) is 17.0 Å². The third-order valence-corrected chi connectivity index (χ3v) is 6.00. The molecule has 6 heteroatoms. The number of carbonyl (C=O) groups is 2. The molecule has 5 rings (SSSR count). The molecule has 0 spiro atoms. The first kappa shape index (κ1) is 19.5. The van der Waals surface area contributed by atoms with Crippen molar-refractivity contribution in [2.45, 2.75) is 26.0 Å². The van der Waals surface area contributed by atoms with Crippen LogP contribution in [0.4, 0.5) is 15.8 Å². The minimum atomic E-state index is -0.943. The van der Waals surface area contributed by atoms with E-state index in [0.29, 0.717) is 11.3 Å². The quantitative estimate of drug-likeness (QED) is 0.590. The van der Waals surface area contributed by atoms with Crippen molar-refractivity contribution < 1.29 is 18.8 Å². The summed E-state index contributed by atoms with van der Waals surface area (Å²) in [7, 11) is 0. The molecule has 2 aliphatic rings. The molecule has 31 heavy (non-hydrogen) atoms. The van der Waals surface area contributed by atoms with Gasteiger partial charge in [0, 0.05) is 0 Å². The van der Waals surface area contributed by atoms with E-state index in [1.54, 1.807) is 17.2 Å². The van der Waals surface area contributed by atoms with Crippen molar-refractivity contribution >= 4 is 23.2 Å². The SMILES string of the molecule is Cc1cccc(C)c1N1C(=O)[C@H]2[C@@H](ON(c3ccccc3)[C@H]2c2ccc(F)cc2)C1=O. The number of para-hydroxylation sites is 2. The molecular weight excluding hydrogens is 395 g/mol. The van der Waals surface area contributed by atoms with E-state index in [1.807, 2.05) is 62.4 Å². The molecule has 0 aromatic heterocycles. The Bertz CT molecular complexity index is 1140. The molecule has 0 bridgehead atoms. The molecule has 2 amide bonds. The molecular formula is C25H21FN2O3. The Hall–Kier alpha value is -3.51. The van der Waals surface area contributed by atoms with Crippen LogP contribution in [-0.2, 0) is 14.4 Å². The molecule has 3 aromatic carbocycles. The Morgan fingerprint density at radius 1 is 0.806 bits per heavy atom. The van der Waals surface area contributed by atoms with Crippen LogP contribution in [0.15, 0.2) is 72.8 Å². The number of imide groups is 1. The number of benzene rings is 3. The zero-order valence-electron chi connectivity index (χ0n) is 17.2. The predicted octanol–water partition coefficient (Wildman–Crippen LogP) is 4.49. The lowest BCUT2D eigenvalue weighted by atomic mass is 9.90. The number of nitrogens with zero attached hydrogens (tertiary/aromatic N) is 2. The van der Waals surface area contributed by atoms with Crippen molar-refractivity contribution in [1.29, 1.82) is 0 Å². The fraction of sp³-hybridized carbons (Fsp3) is 0.200. The number of aryl methyl sites for hydroxylation is 2. The molecule has 2 fully saturated rings. The van der Waals surface area contributed by atoms with Gasteiger partial charge in [-0.2, -0.15) is 0 Å². The summed E-state index contributed by atoms with van der Waals surface area (Å²) >= 11 is 0. The third-order valence-electron chi connectivity index (χ3n) is 6.00. The number of carbonyl (C=O) groups excluding carboxylic acids is 2. The molecule has 3 atom stereocenters. The topological polar surface area (TPSA) is 49.9 Å². The summed E-state index contributed by atoms with van der Waals surface area (Å²) in [5.41, 5.74) is 3.74. The lowest BCUT2D eigenvalue weighted by Crippen LogP contribution is -2.38. The first-order valence-corrected chi connectivity index (χ1v) is 10.2. The lowest BCUT2D eigenvalue weighted by Gasteiger charge is -2.29. The molecule has 5 nitrogen and oxygen atoms in total. The average molecular weight is 416 g/mol. The van der Waals surface area contributed by atoms with Crippen LogP contribution < -0.4 is 9.96 Å². The maximum Gasteiger partial charge on any atom is 0.266 e. The molecule has 2 saturated heterocycles.